The van der Waals surface area contributed by atoms with Crippen LogP contribution in [0.15, 0.2) is 24.3 Å². The molecule has 0 aromatic heterocycles. The normalized spacial score (nSPS) is 23.6. The minimum absolute atomic E-state index is 0.643. The third kappa shape index (κ3) is 3.72. The zero-order chi connectivity index (χ0) is 8.65. The first-order valence-corrected chi connectivity index (χ1v) is 4.94. The van der Waals surface area contributed by atoms with E-state index in [4.69, 9.17) is 0 Å². The van der Waals surface area contributed by atoms with Gasteiger partial charge in [0.1, 0.15) is 0 Å². The van der Waals surface area contributed by atoms with Gasteiger partial charge in [-0.25, -0.2) is 0 Å². The Hall–Kier alpha value is -0.560. The second kappa shape index (κ2) is 6.01. The molecular weight excluding hydrogens is 146 g/mol. The van der Waals surface area contributed by atoms with E-state index in [1.807, 2.05) is 0 Å². The summed E-state index contributed by atoms with van der Waals surface area (Å²) in [6, 6.07) is 0.643. The molecule has 0 aliphatic heterocycles. The van der Waals surface area contributed by atoms with Gasteiger partial charge in [0, 0.05) is 6.04 Å². The molecule has 1 nitrogen and oxygen atoms in total. The van der Waals surface area contributed by atoms with Gasteiger partial charge in [0.25, 0.3) is 0 Å². The molecule has 1 unspecified atom stereocenters. The van der Waals surface area contributed by atoms with Crippen molar-refractivity contribution in [1.29, 1.82) is 0 Å². The average molecular weight is 165 g/mol. The highest BCUT2D eigenvalue weighted by molar-refractivity contribution is 4.97. The fourth-order valence-corrected chi connectivity index (χ4v) is 1.50. The van der Waals surface area contributed by atoms with E-state index >= 15 is 0 Å². The monoisotopic (exact) mass is 165 g/mol. The van der Waals surface area contributed by atoms with Crippen LogP contribution in [0.4, 0.5) is 0 Å². The molecule has 1 rings (SSSR count). The molecule has 0 amide bonds. The van der Waals surface area contributed by atoms with E-state index in [0.29, 0.717) is 6.04 Å². The first-order valence-electron chi connectivity index (χ1n) is 4.94. The maximum atomic E-state index is 3.52. The van der Waals surface area contributed by atoms with Crippen molar-refractivity contribution in [1.82, 2.24) is 5.32 Å². The van der Waals surface area contributed by atoms with Crippen molar-refractivity contribution in [3.8, 4) is 0 Å². The quantitative estimate of drug-likeness (QED) is 0.499. The lowest BCUT2D eigenvalue weighted by Crippen LogP contribution is -2.28. The first-order chi connectivity index (χ1) is 5.93. The molecular formula is C11H19N. The van der Waals surface area contributed by atoms with Gasteiger partial charge in [0.15, 0.2) is 0 Å². The predicted molar refractivity (Wildman–Crippen MR) is 54.2 cm³/mol. The molecule has 0 saturated carbocycles. The van der Waals surface area contributed by atoms with E-state index in [9.17, 15) is 0 Å². The summed E-state index contributed by atoms with van der Waals surface area (Å²) in [5, 5.41) is 3.52. The van der Waals surface area contributed by atoms with Gasteiger partial charge in [0.2, 0.25) is 0 Å². The average Bonchev–Trinajstić information content (AvgIpc) is 2.14. The van der Waals surface area contributed by atoms with E-state index in [0.717, 1.165) is 13.0 Å². The molecule has 0 spiro atoms. The fraction of sp³-hybridized carbons (Fsp3) is 0.636. The van der Waals surface area contributed by atoms with Gasteiger partial charge in [-0.3, -0.25) is 0 Å². The first kappa shape index (κ1) is 9.53. The lowest BCUT2D eigenvalue weighted by Gasteiger charge is -2.17. The lowest BCUT2D eigenvalue weighted by molar-refractivity contribution is 0.527. The van der Waals surface area contributed by atoms with Crippen LogP contribution in [-0.2, 0) is 0 Å². The largest absolute Gasteiger partial charge is 0.310 e. The van der Waals surface area contributed by atoms with E-state index in [1.54, 1.807) is 0 Å². The predicted octanol–water partition coefficient (Wildman–Crippen LogP) is 2.65. The summed E-state index contributed by atoms with van der Waals surface area (Å²) < 4.78 is 0. The SMILES string of the molecule is C/C=C/CCNC1C=CCCC1. The molecule has 1 aliphatic rings. The summed E-state index contributed by atoms with van der Waals surface area (Å²) >= 11 is 0. The smallest absolute Gasteiger partial charge is 0.0250 e. The minimum Gasteiger partial charge on any atom is -0.310 e. The van der Waals surface area contributed by atoms with Crippen LogP contribution in [0.2, 0.25) is 0 Å². The van der Waals surface area contributed by atoms with Crippen LogP contribution in [0, 0.1) is 0 Å². The molecule has 0 radical (unpaired) electrons. The van der Waals surface area contributed by atoms with Crippen molar-refractivity contribution in [3.05, 3.63) is 24.3 Å². The van der Waals surface area contributed by atoms with Crippen LogP contribution in [0.5, 0.6) is 0 Å². The molecule has 0 aromatic carbocycles. The van der Waals surface area contributed by atoms with Gasteiger partial charge < -0.3 is 5.32 Å². The van der Waals surface area contributed by atoms with Gasteiger partial charge >= 0.3 is 0 Å². The Balaban J connectivity index is 2.05. The molecule has 0 bridgehead atoms. The molecule has 0 saturated heterocycles. The van der Waals surface area contributed by atoms with Crippen LogP contribution in [0.3, 0.4) is 0 Å². The molecule has 0 aromatic rings. The Kier molecular flexibility index (Phi) is 4.77. The molecule has 1 aliphatic carbocycles. The molecule has 1 N–H and O–H groups in total. The van der Waals surface area contributed by atoms with Crippen molar-refractivity contribution < 1.29 is 0 Å². The highest BCUT2D eigenvalue weighted by atomic mass is 14.9. The Morgan fingerprint density at radius 3 is 3.17 bits per heavy atom. The Bertz CT molecular complexity index is 158. The molecule has 1 atom stereocenters. The zero-order valence-electron chi connectivity index (χ0n) is 7.92. The number of nitrogens with one attached hydrogen (secondary N) is 1. The van der Waals surface area contributed by atoms with Crippen LogP contribution in [0.25, 0.3) is 0 Å². The molecule has 1 heteroatoms. The van der Waals surface area contributed by atoms with Crippen molar-refractivity contribution in [3.63, 3.8) is 0 Å². The van der Waals surface area contributed by atoms with Gasteiger partial charge in [-0.15, -0.1) is 0 Å². The lowest BCUT2D eigenvalue weighted by atomic mass is 10.0. The van der Waals surface area contributed by atoms with Gasteiger partial charge in [-0.2, -0.15) is 0 Å². The highest BCUT2D eigenvalue weighted by Crippen LogP contribution is 2.09. The van der Waals surface area contributed by atoms with Crippen LogP contribution < -0.4 is 5.32 Å². The zero-order valence-corrected chi connectivity index (χ0v) is 7.92. The minimum atomic E-state index is 0.643. The van der Waals surface area contributed by atoms with Crippen molar-refractivity contribution in [2.45, 2.75) is 38.6 Å². The van der Waals surface area contributed by atoms with Crippen LogP contribution >= 0.6 is 0 Å². The second-order valence-corrected chi connectivity index (χ2v) is 3.28. The third-order valence-electron chi connectivity index (χ3n) is 2.21. The van der Waals surface area contributed by atoms with Crippen LogP contribution in [0.1, 0.15) is 32.6 Å². The van der Waals surface area contributed by atoms with Crippen molar-refractivity contribution >= 4 is 0 Å². The molecule has 0 fully saturated rings. The van der Waals surface area contributed by atoms with Crippen LogP contribution in [-0.4, -0.2) is 12.6 Å². The van der Waals surface area contributed by atoms with Gasteiger partial charge in [-0.05, 0) is 39.2 Å². The Morgan fingerprint density at radius 2 is 2.50 bits per heavy atom. The maximum absolute atomic E-state index is 3.52. The summed E-state index contributed by atoms with van der Waals surface area (Å²) in [6.07, 6.45) is 14.0. The van der Waals surface area contributed by atoms with E-state index < -0.39 is 0 Å². The standard InChI is InChI=1S/C11H19N/c1-2-3-7-10-12-11-8-5-4-6-9-11/h2-3,5,8,11-12H,4,6-7,9-10H2,1H3/b3-2+. The molecule has 0 heterocycles. The summed E-state index contributed by atoms with van der Waals surface area (Å²) in [4.78, 5) is 0. The number of hydrogen-bond acceptors (Lipinski definition) is 1. The van der Waals surface area contributed by atoms with Crippen molar-refractivity contribution in [2.75, 3.05) is 6.54 Å². The summed E-state index contributed by atoms with van der Waals surface area (Å²) in [7, 11) is 0. The molecule has 12 heavy (non-hydrogen) atoms. The topological polar surface area (TPSA) is 12.0 Å². The third-order valence-corrected chi connectivity index (χ3v) is 2.21. The van der Waals surface area contributed by atoms with Gasteiger partial charge in [-0.1, -0.05) is 24.3 Å². The highest BCUT2D eigenvalue weighted by Gasteiger charge is 2.05. The maximum Gasteiger partial charge on any atom is 0.0250 e. The van der Waals surface area contributed by atoms with E-state index in [1.165, 1.54) is 19.3 Å². The Morgan fingerprint density at radius 1 is 1.58 bits per heavy atom. The summed E-state index contributed by atoms with van der Waals surface area (Å²) in [5.74, 6) is 0. The van der Waals surface area contributed by atoms with Gasteiger partial charge in [0.05, 0.1) is 0 Å². The fourth-order valence-electron chi connectivity index (χ4n) is 1.50. The summed E-state index contributed by atoms with van der Waals surface area (Å²) in [6.45, 7) is 3.18. The second-order valence-electron chi connectivity index (χ2n) is 3.28. The molecule has 68 valence electrons. The number of rotatable bonds is 4. The van der Waals surface area contributed by atoms with E-state index in [-0.39, 0.29) is 0 Å². The Labute approximate surface area is 75.6 Å². The number of allylic oxidation sites excluding steroid dienone is 2. The summed E-state index contributed by atoms with van der Waals surface area (Å²) in [5.41, 5.74) is 0. The van der Waals surface area contributed by atoms with E-state index in [2.05, 4.69) is 36.5 Å². The van der Waals surface area contributed by atoms with Crippen molar-refractivity contribution in [2.24, 2.45) is 0 Å². The number of hydrogen-bond donors (Lipinski definition) is 1.